The molecule has 2 aliphatic rings. The molecule has 2 aliphatic heterocycles. The highest BCUT2D eigenvalue weighted by atomic mass is 16.5. The summed E-state index contributed by atoms with van der Waals surface area (Å²) in [5.74, 6) is 2.65. The smallest absolute Gasteiger partial charge is 0.236 e. The van der Waals surface area contributed by atoms with Crippen LogP contribution in [-0.2, 0) is 11.3 Å². The molecule has 1 saturated heterocycles. The number of ether oxygens (including phenoxy) is 2. The highest BCUT2D eigenvalue weighted by Gasteiger charge is 2.24. The lowest BCUT2D eigenvalue weighted by Crippen LogP contribution is -2.44. The summed E-state index contributed by atoms with van der Waals surface area (Å²) in [6.45, 7) is 4.28. The summed E-state index contributed by atoms with van der Waals surface area (Å²) in [5, 5.41) is 9.18. The van der Waals surface area contributed by atoms with E-state index in [9.17, 15) is 9.90 Å². The van der Waals surface area contributed by atoms with Gasteiger partial charge in [-0.3, -0.25) is 9.69 Å². The van der Waals surface area contributed by atoms with Gasteiger partial charge in [-0.15, -0.1) is 0 Å². The second-order valence-corrected chi connectivity index (χ2v) is 8.97. The number of carbonyl (C=O) groups is 1. The molecule has 1 amide bonds. The minimum absolute atomic E-state index is 0.182. The van der Waals surface area contributed by atoms with Crippen LogP contribution in [0.15, 0.2) is 42.6 Å². The fourth-order valence-electron chi connectivity index (χ4n) is 4.59. The number of hydrogen-bond donors (Lipinski definition) is 1. The number of aromatic nitrogens is 1. The monoisotopic (exact) mass is 453 g/mol. The van der Waals surface area contributed by atoms with Crippen molar-refractivity contribution < 1.29 is 19.4 Å². The first kappa shape index (κ1) is 23.5. The third-order valence-electron chi connectivity index (χ3n) is 6.54. The molecule has 4 rings (SSSR count). The van der Waals surface area contributed by atoms with Crippen LogP contribution in [0.5, 0.6) is 17.4 Å². The number of amides is 1. The van der Waals surface area contributed by atoms with Crippen molar-refractivity contribution >= 4 is 5.91 Å². The highest BCUT2D eigenvalue weighted by Crippen LogP contribution is 2.32. The van der Waals surface area contributed by atoms with E-state index in [2.05, 4.69) is 9.88 Å². The maximum Gasteiger partial charge on any atom is 0.236 e. The van der Waals surface area contributed by atoms with Crippen LogP contribution in [0.3, 0.4) is 0 Å². The van der Waals surface area contributed by atoms with Crippen LogP contribution in [0.1, 0.15) is 44.1 Å². The first-order valence-corrected chi connectivity index (χ1v) is 12.2. The van der Waals surface area contributed by atoms with Crippen molar-refractivity contribution in [3.63, 3.8) is 0 Å². The van der Waals surface area contributed by atoms with Gasteiger partial charge in [-0.25, -0.2) is 4.98 Å². The number of aliphatic hydroxyl groups is 1. The van der Waals surface area contributed by atoms with E-state index in [1.165, 1.54) is 0 Å². The maximum atomic E-state index is 13.1. The van der Waals surface area contributed by atoms with Gasteiger partial charge in [0.05, 0.1) is 13.2 Å². The topological polar surface area (TPSA) is 75.1 Å². The minimum atomic E-state index is 0.182. The van der Waals surface area contributed by atoms with Crippen molar-refractivity contribution in [2.45, 2.75) is 45.1 Å². The summed E-state index contributed by atoms with van der Waals surface area (Å²) in [4.78, 5) is 21.8. The normalized spacial score (nSPS) is 18.5. The molecule has 0 bridgehead atoms. The number of benzene rings is 1. The number of piperidine rings is 1. The van der Waals surface area contributed by atoms with Gasteiger partial charge in [-0.2, -0.15) is 0 Å². The third kappa shape index (κ3) is 6.68. The second kappa shape index (κ2) is 12.0. The quantitative estimate of drug-likeness (QED) is 0.758. The molecule has 7 nitrogen and oxygen atoms in total. The Morgan fingerprint density at radius 1 is 1.03 bits per heavy atom. The van der Waals surface area contributed by atoms with Gasteiger partial charge >= 0.3 is 0 Å². The molecule has 0 radical (unpaired) electrons. The van der Waals surface area contributed by atoms with Crippen LogP contribution >= 0.6 is 0 Å². The molecule has 0 atom stereocenters. The van der Waals surface area contributed by atoms with E-state index in [-0.39, 0.29) is 12.5 Å². The van der Waals surface area contributed by atoms with E-state index in [0.29, 0.717) is 37.2 Å². The molecular weight excluding hydrogens is 418 g/mol. The second-order valence-electron chi connectivity index (χ2n) is 8.97. The molecule has 0 aliphatic carbocycles. The Hall–Kier alpha value is -2.64. The van der Waals surface area contributed by atoms with E-state index in [0.717, 1.165) is 69.5 Å². The Morgan fingerprint density at radius 2 is 1.85 bits per heavy atom. The lowest BCUT2D eigenvalue weighted by Gasteiger charge is -2.33. The van der Waals surface area contributed by atoms with Gasteiger partial charge in [-0.1, -0.05) is 18.2 Å². The Bertz CT molecular complexity index is 899. The molecule has 1 aromatic heterocycles. The highest BCUT2D eigenvalue weighted by molar-refractivity contribution is 5.78. The van der Waals surface area contributed by atoms with Crippen LogP contribution < -0.4 is 9.47 Å². The minimum Gasteiger partial charge on any atom is -0.490 e. The van der Waals surface area contributed by atoms with E-state index in [1.54, 1.807) is 6.20 Å². The number of fused-ring (bicyclic) bond motifs is 2. The van der Waals surface area contributed by atoms with E-state index < -0.39 is 0 Å². The zero-order chi connectivity index (χ0) is 22.9. The first-order chi connectivity index (χ1) is 16.2. The average Bonchev–Trinajstić information content (AvgIpc) is 2.85. The van der Waals surface area contributed by atoms with Gasteiger partial charge < -0.3 is 19.5 Å². The number of para-hydroxylation sites is 2. The van der Waals surface area contributed by atoms with Gasteiger partial charge in [0.25, 0.3) is 0 Å². The van der Waals surface area contributed by atoms with Crippen LogP contribution in [0.2, 0.25) is 0 Å². The summed E-state index contributed by atoms with van der Waals surface area (Å²) in [6.07, 6.45) is 7.53. The fourth-order valence-corrected chi connectivity index (χ4v) is 4.59. The predicted molar refractivity (Wildman–Crippen MR) is 126 cm³/mol. The molecule has 178 valence electrons. The fraction of sp³-hybridized carbons (Fsp3) is 0.538. The van der Waals surface area contributed by atoms with Crippen molar-refractivity contribution in [3.05, 3.63) is 48.2 Å². The van der Waals surface area contributed by atoms with Gasteiger partial charge in [0, 0.05) is 38.0 Å². The number of pyridine rings is 1. The van der Waals surface area contributed by atoms with Crippen molar-refractivity contribution in [1.82, 2.24) is 14.8 Å². The van der Waals surface area contributed by atoms with Crippen molar-refractivity contribution in [2.75, 3.05) is 39.4 Å². The van der Waals surface area contributed by atoms with Crippen LogP contribution in [0.25, 0.3) is 0 Å². The molecule has 1 N–H and O–H groups in total. The predicted octanol–water partition coefficient (Wildman–Crippen LogP) is 3.86. The average molecular weight is 454 g/mol. The SMILES string of the molecule is O=C(CN1CCCCCOc2ccccc2Oc2ncccc2C1)N1CCC(CCO)CC1. The molecule has 3 heterocycles. The van der Waals surface area contributed by atoms with E-state index >= 15 is 0 Å². The van der Waals surface area contributed by atoms with E-state index in [4.69, 9.17) is 9.47 Å². The molecule has 1 aromatic carbocycles. The number of rotatable bonds is 4. The standard InChI is InChI=1S/C26H35N3O4/c30-17-12-21-10-15-29(16-11-21)25(31)20-28-14-4-1-5-18-32-23-8-2-3-9-24(23)33-26-22(19-28)7-6-13-27-26/h2-3,6-9,13,21,30H,1,4-5,10-12,14-20H2. The van der Waals surface area contributed by atoms with Crippen molar-refractivity contribution in [3.8, 4) is 17.4 Å². The molecular formula is C26H35N3O4. The Labute approximate surface area is 196 Å². The Morgan fingerprint density at radius 3 is 2.67 bits per heavy atom. The summed E-state index contributed by atoms with van der Waals surface area (Å²) in [7, 11) is 0. The van der Waals surface area contributed by atoms with Crippen molar-refractivity contribution in [1.29, 1.82) is 0 Å². The summed E-state index contributed by atoms with van der Waals surface area (Å²) < 4.78 is 12.2. The number of carbonyl (C=O) groups excluding carboxylic acids is 1. The number of aliphatic hydroxyl groups excluding tert-OH is 1. The summed E-state index contributed by atoms with van der Waals surface area (Å²) in [6, 6.07) is 11.6. The molecule has 2 aromatic rings. The lowest BCUT2D eigenvalue weighted by atomic mass is 9.94. The zero-order valence-corrected chi connectivity index (χ0v) is 19.3. The lowest BCUT2D eigenvalue weighted by molar-refractivity contribution is -0.134. The Balaban J connectivity index is 1.46. The number of hydrogen-bond acceptors (Lipinski definition) is 6. The zero-order valence-electron chi connectivity index (χ0n) is 19.3. The molecule has 33 heavy (non-hydrogen) atoms. The molecule has 0 spiro atoms. The Kier molecular flexibility index (Phi) is 8.55. The largest absolute Gasteiger partial charge is 0.490 e. The van der Waals surface area contributed by atoms with Gasteiger partial charge in [0.15, 0.2) is 11.5 Å². The van der Waals surface area contributed by atoms with Gasteiger partial charge in [0.1, 0.15) is 0 Å². The van der Waals surface area contributed by atoms with Crippen molar-refractivity contribution in [2.24, 2.45) is 5.92 Å². The molecule has 0 saturated carbocycles. The van der Waals surface area contributed by atoms with Gasteiger partial charge in [-0.05, 0) is 69.2 Å². The van der Waals surface area contributed by atoms with Crippen LogP contribution in [0, 0.1) is 5.92 Å². The van der Waals surface area contributed by atoms with Gasteiger partial charge in [0.2, 0.25) is 11.8 Å². The number of likely N-dealkylation sites (tertiary alicyclic amines) is 1. The first-order valence-electron chi connectivity index (χ1n) is 12.2. The van der Waals surface area contributed by atoms with E-state index in [1.807, 2.05) is 41.3 Å². The van der Waals surface area contributed by atoms with Crippen LogP contribution in [-0.4, -0.2) is 65.2 Å². The van der Waals surface area contributed by atoms with Crippen LogP contribution in [0.4, 0.5) is 0 Å². The maximum absolute atomic E-state index is 13.1. The molecule has 0 unspecified atom stereocenters. The summed E-state index contributed by atoms with van der Waals surface area (Å²) >= 11 is 0. The number of nitrogens with zero attached hydrogens (tertiary/aromatic N) is 3. The molecule has 7 heteroatoms. The summed E-state index contributed by atoms with van der Waals surface area (Å²) in [5.41, 5.74) is 0.959. The molecule has 1 fully saturated rings. The third-order valence-corrected chi connectivity index (χ3v) is 6.54.